The van der Waals surface area contributed by atoms with Crippen molar-refractivity contribution in [1.82, 2.24) is 14.9 Å². The maximum atomic E-state index is 5.60. The molecule has 1 aromatic heterocycles. The van der Waals surface area contributed by atoms with Gasteiger partial charge in [0.1, 0.15) is 25.0 Å². The molecule has 0 unspecified atom stereocenters. The Morgan fingerprint density at radius 2 is 2.00 bits per heavy atom. The second-order valence-electron chi connectivity index (χ2n) is 4.28. The third-order valence-electron chi connectivity index (χ3n) is 2.97. The fraction of sp³-hybridized carbons (Fsp3) is 0.0625. The third-order valence-corrected chi connectivity index (χ3v) is 2.97. The molecule has 3 aromatic rings. The fourth-order valence-corrected chi connectivity index (χ4v) is 2.03. The summed E-state index contributed by atoms with van der Waals surface area (Å²) in [6.07, 6.45) is 10.0. The van der Waals surface area contributed by atoms with Crippen LogP contribution in [0.5, 0.6) is 5.75 Å². The van der Waals surface area contributed by atoms with Gasteiger partial charge in [0.2, 0.25) is 0 Å². The predicted molar refractivity (Wildman–Crippen MR) is 81.3 cm³/mol. The Morgan fingerprint density at radius 1 is 1.19 bits per heavy atom. The molecule has 5 nitrogen and oxygen atoms in total. The van der Waals surface area contributed by atoms with Crippen molar-refractivity contribution < 1.29 is 4.74 Å². The summed E-state index contributed by atoms with van der Waals surface area (Å²) in [4.78, 5) is 0. The molecule has 3 rings (SSSR count). The second-order valence-corrected chi connectivity index (χ2v) is 4.28. The minimum atomic E-state index is 0.214. The molecule has 0 aliphatic heterocycles. The molecule has 0 fully saturated rings. The lowest BCUT2D eigenvalue weighted by Crippen LogP contribution is -1.99. The van der Waals surface area contributed by atoms with E-state index in [1.165, 1.54) is 17.3 Å². The molecule has 0 saturated carbocycles. The molecule has 5 heteroatoms. The molecular weight excluding hydrogens is 264 g/mol. The van der Waals surface area contributed by atoms with Crippen molar-refractivity contribution in [2.24, 2.45) is 5.10 Å². The van der Waals surface area contributed by atoms with Crippen LogP contribution in [-0.4, -0.2) is 27.7 Å². The molecule has 21 heavy (non-hydrogen) atoms. The Balaban J connectivity index is 2.09. The zero-order valence-electron chi connectivity index (χ0n) is 11.2. The van der Waals surface area contributed by atoms with Crippen molar-refractivity contribution in [1.29, 1.82) is 0 Å². The first-order valence-electron chi connectivity index (χ1n) is 6.35. The van der Waals surface area contributed by atoms with E-state index in [9.17, 15) is 0 Å². The molecule has 0 aliphatic carbocycles. The molecule has 2 aromatic carbocycles. The van der Waals surface area contributed by atoms with Gasteiger partial charge in [-0.05, 0) is 16.8 Å². The average molecular weight is 276 g/mol. The lowest BCUT2D eigenvalue weighted by atomic mass is 10.0. The highest BCUT2D eigenvalue weighted by atomic mass is 16.5. The number of fused-ring (bicyclic) bond motifs is 1. The van der Waals surface area contributed by atoms with Gasteiger partial charge in [0.05, 0.1) is 6.21 Å². The molecule has 0 N–H and O–H groups in total. The van der Waals surface area contributed by atoms with E-state index in [1.54, 1.807) is 6.21 Å². The van der Waals surface area contributed by atoms with Gasteiger partial charge in [-0.2, -0.15) is 5.10 Å². The highest BCUT2D eigenvalue weighted by molar-refractivity contribution is 6.02. The fourth-order valence-electron chi connectivity index (χ4n) is 2.03. The summed E-state index contributed by atoms with van der Waals surface area (Å²) in [6, 6.07) is 11.9. The Labute approximate surface area is 121 Å². The number of terminal acetylenes is 1. The second kappa shape index (κ2) is 5.88. The minimum absolute atomic E-state index is 0.214. The summed E-state index contributed by atoms with van der Waals surface area (Å²) in [5, 5.41) is 13.9. The number of benzene rings is 2. The molecule has 0 aliphatic rings. The number of hydrogen-bond acceptors (Lipinski definition) is 4. The molecule has 0 saturated heterocycles. The van der Waals surface area contributed by atoms with Crippen molar-refractivity contribution in [3.8, 4) is 18.1 Å². The summed E-state index contributed by atoms with van der Waals surface area (Å²) in [7, 11) is 0. The topological polar surface area (TPSA) is 52.3 Å². The Morgan fingerprint density at radius 3 is 2.81 bits per heavy atom. The summed E-state index contributed by atoms with van der Waals surface area (Å²) < 4.78 is 7.12. The molecule has 0 atom stereocenters. The molecule has 102 valence electrons. The normalized spacial score (nSPS) is 10.8. The van der Waals surface area contributed by atoms with E-state index < -0.39 is 0 Å². The smallest absolute Gasteiger partial charge is 0.148 e. The Kier molecular flexibility index (Phi) is 3.61. The molecular formula is C16H12N4O. The lowest BCUT2D eigenvalue weighted by Gasteiger charge is -2.09. The monoisotopic (exact) mass is 276 g/mol. The van der Waals surface area contributed by atoms with Crippen LogP contribution in [-0.2, 0) is 0 Å². The van der Waals surface area contributed by atoms with E-state index in [2.05, 4.69) is 21.2 Å². The van der Waals surface area contributed by atoms with Crippen LogP contribution in [0, 0.1) is 12.3 Å². The van der Waals surface area contributed by atoms with Crippen molar-refractivity contribution in [3.05, 3.63) is 54.6 Å². The molecule has 1 heterocycles. The van der Waals surface area contributed by atoms with E-state index in [0.29, 0.717) is 5.75 Å². The van der Waals surface area contributed by atoms with E-state index in [0.717, 1.165) is 16.3 Å². The van der Waals surface area contributed by atoms with Crippen molar-refractivity contribution >= 4 is 17.0 Å². The van der Waals surface area contributed by atoms with Gasteiger partial charge in [0.15, 0.2) is 0 Å². The first-order chi connectivity index (χ1) is 10.4. The van der Waals surface area contributed by atoms with Crippen LogP contribution in [0.3, 0.4) is 0 Å². The van der Waals surface area contributed by atoms with Gasteiger partial charge >= 0.3 is 0 Å². The Hall–Kier alpha value is -3.13. The van der Waals surface area contributed by atoms with Crippen LogP contribution in [0.4, 0.5) is 0 Å². The average Bonchev–Trinajstić information content (AvgIpc) is 3.04. The zero-order valence-corrected chi connectivity index (χ0v) is 11.2. The van der Waals surface area contributed by atoms with Gasteiger partial charge < -0.3 is 4.74 Å². The Bertz CT molecular complexity index is 816. The number of hydrogen-bond donors (Lipinski definition) is 0. The summed E-state index contributed by atoms with van der Waals surface area (Å²) in [6.45, 7) is 0.214. The van der Waals surface area contributed by atoms with Crippen molar-refractivity contribution in [2.75, 3.05) is 6.61 Å². The van der Waals surface area contributed by atoms with Gasteiger partial charge in [-0.25, -0.2) is 4.68 Å². The van der Waals surface area contributed by atoms with Crippen LogP contribution in [0.1, 0.15) is 5.56 Å². The number of ether oxygens (including phenoxy) is 1. The largest absolute Gasteiger partial charge is 0.480 e. The van der Waals surface area contributed by atoms with Crippen LogP contribution < -0.4 is 4.74 Å². The summed E-state index contributed by atoms with van der Waals surface area (Å²) in [5.74, 6) is 3.17. The number of rotatable bonds is 4. The number of nitrogens with zero attached hydrogens (tertiary/aromatic N) is 4. The maximum absolute atomic E-state index is 5.60. The van der Waals surface area contributed by atoms with Gasteiger partial charge in [-0.15, -0.1) is 16.6 Å². The standard InChI is InChI=1S/C16H12N4O/c1-2-9-21-16-8-7-13-5-3-4-6-14(13)15(16)10-19-20-11-17-18-12-20/h1,3-8,10-12H,9H2/b19-10-. The lowest BCUT2D eigenvalue weighted by molar-refractivity contribution is 0.370. The van der Waals surface area contributed by atoms with Gasteiger partial charge in [-0.1, -0.05) is 36.3 Å². The maximum Gasteiger partial charge on any atom is 0.148 e. The SMILES string of the molecule is C#CCOc1ccc2ccccc2c1/C=N\n1cnnc1. The van der Waals surface area contributed by atoms with Crippen LogP contribution in [0.25, 0.3) is 10.8 Å². The number of aromatic nitrogens is 3. The third kappa shape index (κ3) is 2.74. The van der Waals surface area contributed by atoms with Crippen molar-refractivity contribution in [3.63, 3.8) is 0 Å². The quantitative estimate of drug-likeness (QED) is 0.543. The van der Waals surface area contributed by atoms with E-state index >= 15 is 0 Å². The van der Waals surface area contributed by atoms with Crippen LogP contribution in [0.2, 0.25) is 0 Å². The molecule has 0 spiro atoms. The highest BCUT2D eigenvalue weighted by Crippen LogP contribution is 2.26. The van der Waals surface area contributed by atoms with Crippen LogP contribution in [0.15, 0.2) is 54.2 Å². The van der Waals surface area contributed by atoms with Crippen LogP contribution >= 0.6 is 0 Å². The first kappa shape index (κ1) is 12.9. The summed E-state index contributed by atoms with van der Waals surface area (Å²) in [5.41, 5.74) is 0.872. The molecule has 0 radical (unpaired) electrons. The van der Waals surface area contributed by atoms with E-state index in [4.69, 9.17) is 11.2 Å². The zero-order chi connectivity index (χ0) is 14.5. The molecule has 0 amide bonds. The summed E-state index contributed by atoms with van der Waals surface area (Å²) >= 11 is 0. The minimum Gasteiger partial charge on any atom is -0.480 e. The molecule has 0 bridgehead atoms. The van der Waals surface area contributed by atoms with Crippen molar-refractivity contribution in [2.45, 2.75) is 0 Å². The van der Waals surface area contributed by atoms with Gasteiger partial charge in [0, 0.05) is 5.56 Å². The van der Waals surface area contributed by atoms with E-state index in [-0.39, 0.29) is 6.61 Å². The van der Waals surface area contributed by atoms with E-state index in [1.807, 2.05) is 36.4 Å². The van der Waals surface area contributed by atoms with Gasteiger partial charge in [0.25, 0.3) is 0 Å². The highest BCUT2D eigenvalue weighted by Gasteiger charge is 2.06. The van der Waals surface area contributed by atoms with Gasteiger partial charge in [-0.3, -0.25) is 0 Å². The predicted octanol–water partition coefficient (Wildman–Crippen LogP) is 2.33. The first-order valence-corrected chi connectivity index (χ1v) is 6.35.